The first-order chi connectivity index (χ1) is 20.5. The number of ether oxygens (including phenoxy) is 3. The number of likely N-dealkylation sites (N-methyl/N-ethyl adjacent to an activating group) is 1. The van der Waals surface area contributed by atoms with Crippen molar-refractivity contribution in [1.82, 2.24) is 4.90 Å². The zero-order chi connectivity index (χ0) is 31.1. The van der Waals surface area contributed by atoms with Gasteiger partial charge in [-0.15, -0.1) is 0 Å². The van der Waals surface area contributed by atoms with Gasteiger partial charge in [0.2, 0.25) is 0 Å². The van der Waals surface area contributed by atoms with Crippen molar-refractivity contribution in [3.63, 3.8) is 0 Å². The van der Waals surface area contributed by atoms with Crippen LogP contribution in [-0.2, 0) is 23.8 Å². The third kappa shape index (κ3) is 6.15. The van der Waals surface area contributed by atoms with E-state index in [-0.39, 0.29) is 41.4 Å². The first kappa shape index (κ1) is 32.4. The molecule has 0 aromatic rings. The lowest BCUT2D eigenvalue weighted by molar-refractivity contribution is -0.220. The van der Waals surface area contributed by atoms with Crippen molar-refractivity contribution >= 4 is 17.9 Å². The molecule has 3 saturated carbocycles. The van der Waals surface area contributed by atoms with E-state index < -0.39 is 41.6 Å². The molecule has 9 nitrogen and oxygen atoms in total. The molecule has 0 aromatic carbocycles. The van der Waals surface area contributed by atoms with Gasteiger partial charge in [0.1, 0.15) is 6.10 Å². The maximum absolute atomic E-state index is 14.0. The first-order valence-corrected chi connectivity index (χ1v) is 16.7. The fourth-order valence-electron chi connectivity index (χ4n) is 10.0. The zero-order valence-corrected chi connectivity index (χ0v) is 26.7. The molecule has 4 aliphatic carbocycles. The molecule has 242 valence electrons. The zero-order valence-electron chi connectivity index (χ0n) is 26.7. The SMILES string of the molecule is CCCCC(CO[C@@H]1C2COC[C@@]3(C[C@H]1OC(=O)O)C1=CC(=O)C4C(CCC(CC(C)C)[C@H]4C(=O)O)C1CCC23)N(C)C. The number of ketones is 1. The van der Waals surface area contributed by atoms with Crippen molar-refractivity contribution in [2.24, 2.45) is 52.8 Å². The van der Waals surface area contributed by atoms with Crippen LogP contribution in [0.5, 0.6) is 0 Å². The van der Waals surface area contributed by atoms with Crippen LogP contribution in [0, 0.1) is 52.8 Å². The minimum Gasteiger partial charge on any atom is -0.481 e. The molecule has 1 aliphatic heterocycles. The molecule has 9 heteroatoms. The Kier molecular flexibility index (Phi) is 9.94. The molecular weight excluding hydrogens is 550 g/mol. The number of aliphatic carboxylic acids is 1. The third-order valence-corrected chi connectivity index (χ3v) is 11.8. The number of carbonyl (C=O) groups excluding carboxylic acids is 1. The maximum atomic E-state index is 14.0. The molecule has 5 aliphatic rings. The van der Waals surface area contributed by atoms with Gasteiger partial charge >= 0.3 is 12.1 Å². The van der Waals surface area contributed by atoms with E-state index in [1.54, 1.807) is 6.08 Å². The predicted octanol–water partition coefficient (Wildman–Crippen LogP) is 5.52. The Morgan fingerprint density at radius 3 is 2.56 bits per heavy atom. The number of fused-ring (bicyclic) bond motifs is 3. The van der Waals surface area contributed by atoms with Gasteiger partial charge in [0.15, 0.2) is 5.78 Å². The topological polar surface area (TPSA) is 123 Å². The van der Waals surface area contributed by atoms with Crippen LogP contribution in [0.2, 0.25) is 0 Å². The molecule has 11 atom stereocenters. The number of carboxylic acids is 1. The quantitative estimate of drug-likeness (QED) is 0.294. The molecule has 43 heavy (non-hydrogen) atoms. The number of allylic oxidation sites excluding steroid dienone is 1. The van der Waals surface area contributed by atoms with Crippen molar-refractivity contribution < 1.29 is 38.8 Å². The van der Waals surface area contributed by atoms with E-state index in [2.05, 4.69) is 39.8 Å². The van der Waals surface area contributed by atoms with Crippen molar-refractivity contribution in [3.8, 4) is 0 Å². The highest BCUT2D eigenvalue weighted by Gasteiger charge is 2.64. The maximum Gasteiger partial charge on any atom is 0.506 e. The Morgan fingerprint density at radius 2 is 1.91 bits per heavy atom. The monoisotopic (exact) mass is 603 g/mol. The Bertz CT molecular complexity index is 1070. The van der Waals surface area contributed by atoms with E-state index in [0.717, 1.165) is 56.9 Å². The summed E-state index contributed by atoms with van der Waals surface area (Å²) in [4.78, 5) is 40.7. The lowest BCUT2D eigenvalue weighted by Gasteiger charge is -2.62. The molecule has 0 amide bonds. The largest absolute Gasteiger partial charge is 0.506 e. The summed E-state index contributed by atoms with van der Waals surface area (Å²) in [7, 11) is 4.10. The minimum absolute atomic E-state index is 0.0000513. The van der Waals surface area contributed by atoms with Crippen LogP contribution < -0.4 is 0 Å². The summed E-state index contributed by atoms with van der Waals surface area (Å²) in [5.74, 6) is -1.39. The molecule has 5 rings (SSSR count). The number of hydrogen-bond acceptors (Lipinski definition) is 7. The number of carboxylic acid groups (broad SMARTS) is 2. The highest BCUT2D eigenvalue weighted by atomic mass is 16.7. The van der Waals surface area contributed by atoms with Gasteiger partial charge in [0, 0.05) is 23.3 Å². The molecule has 2 N–H and O–H groups in total. The molecular formula is C34H53NO8. The summed E-state index contributed by atoms with van der Waals surface area (Å²) in [6.45, 7) is 7.82. The molecule has 7 unspecified atom stereocenters. The van der Waals surface area contributed by atoms with E-state index in [0.29, 0.717) is 32.2 Å². The number of rotatable bonds is 11. The Hall–Kier alpha value is -1.97. The molecule has 0 spiro atoms. The second-order valence-corrected chi connectivity index (χ2v) is 14.8. The summed E-state index contributed by atoms with van der Waals surface area (Å²) in [6, 6.07) is 0.223. The van der Waals surface area contributed by atoms with E-state index in [9.17, 15) is 24.6 Å². The van der Waals surface area contributed by atoms with Gasteiger partial charge in [-0.05, 0) is 94.7 Å². The smallest absolute Gasteiger partial charge is 0.481 e. The van der Waals surface area contributed by atoms with Crippen molar-refractivity contribution in [2.45, 2.75) is 96.8 Å². The normalized spacial score (nSPS) is 39.4. The van der Waals surface area contributed by atoms with Gasteiger partial charge in [-0.2, -0.15) is 0 Å². The standard InChI is InChI=1S/C34H53NO8/c1-6-7-8-21(35(4)5)16-42-31-24-17-41-18-34(15-28(31)43-33(39)40)25(24)12-11-22-23-10-9-20(13-19(2)3)29(32(37)38)30(23)27(36)14-26(22)34/h14,19-25,28-31H,6-13,15-18H2,1-5H3,(H,37,38)(H,39,40)/t20?,21?,22?,23?,24?,25?,28-,29-,30?,31-,34-/m1/s1. The van der Waals surface area contributed by atoms with Crippen LogP contribution in [0.15, 0.2) is 11.6 Å². The summed E-state index contributed by atoms with van der Waals surface area (Å²) in [6.07, 6.45) is 7.39. The number of unbranched alkanes of at least 4 members (excludes halogenated alkanes) is 1. The van der Waals surface area contributed by atoms with Gasteiger partial charge in [-0.25, -0.2) is 4.79 Å². The van der Waals surface area contributed by atoms with Crippen molar-refractivity contribution in [3.05, 3.63) is 11.6 Å². The van der Waals surface area contributed by atoms with Crippen LogP contribution in [0.3, 0.4) is 0 Å². The lowest BCUT2D eigenvalue weighted by atomic mass is 9.45. The van der Waals surface area contributed by atoms with E-state index in [4.69, 9.17) is 14.2 Å². The summed E-state index contributed by atoms with van der Waals surface area (Å²) < 4.78 is 18.5. The number of nitrogens with zero attached hydrogens (tertiary/aromatic N) is 1. The second-order valence-electron chi connectivity index (χ2n) is 14.8. The van der Waals surface area contributed by atoms with Gasteiger partial charge in [0.05, 0.1) is 31.8 Å². The fourth-order valence-corrected chi connectivity index (χ4v) is 10.0. The average Bonchev–Trinajstić information content (AvgIpc) is 2.93. The Balaban J connectivity index is 1.45. The van der Waals surface area contributed by atoms with Gasteiger partial charge in [0.25, 0.3) is 0 Å². The van der Waals surface area contributed by atoms with E-state index in [1.165, 1.54) is 0 Å². The number of hydrogen-bond donors (Lipinski definition) is 2. The van der Waals surface area contributed by atoms with Crippen LogP contribution in [0.25, 0.3) is 0 Å². The van der Waals surface area contributed by atoms with E-state index in [1.807, 2.05) is 0 Å². The molecule has 0 aromatic heterocycles. The highest BCUT2D eigenvalue weighted by Crippen LogP contribution is 2.64. The summed E-state index contributed by atoms with van der Waals surface area (Å²) >= 11 is 0. The van der Waals surface area contributed by atoms with Crippen LogP contribution in [0.1, 0.15) is 78.6 Å². The highest BCUT2D eigenvalue weighted by molar-refractivity contribution is 5.97. The van der Waals surface area contributed by atoms with Gasteiger partial charge < -0.3 is 29.3 Å². The van der Waals surface area contributed by atoms with Crippen LogP contribution in [-0.4, -0.2) is 85.2 Å². The molecule has 2 bridgehead atoms. The summed E-state index contributed by atoms with van der Waals surface area (Å²) in [5.41, 5.74) is 0.570. The lowest BCUT2D eigenvalue weighted by Crippen LogP contribution is -2.64. The second kappa shape index (κ2) is 13.2. The van der Waals surface area contributed by atoms with E-state index >= 15 is 0 Å². The Labute approximate surface area is 256 Å². The number of carbonyl (C=O) groups is 3. The first-order valence-electron chi connectivity index (χ1n) is 16.7. The van der Waals surface area contributed by atoms with Crippen molar-refractivity contribution in [1.29, 1.82) is 0 Å². The minimum atomic E-state index is -1.31. The molecule has 0 radical (unpaired) electrons. The third-order valence-electron chi connectivity index (χ3n) is 11.8. The van der Waals surface area contributed by atoms with Crippen LogP contribution in [0.4, 0.5) is 4.79 Å². The molecule has 1 heterocycles. The predicted molar refractivity (Wildman–Crippen MR) is 161 cm³/mol. The van der Waals surface area contributed by atoms with Crippen molar-refractivity contribution in [2.75, 3.05) is 33.9 Å². The average molecular weight is 604 g/mol. The molecule has 1 saturated heterocycles. The molecule has 4 fully saturated rings. The summed E-state index contributed by atoms with van der Waals surface area (Å²) in [5, 5.41) is 20.1. The van der Waals surface area contributed by atoms with Gasteiger partial charge in [-0.1, -0.05) is 39.2 Å². The van der Waals surface area contributed by atoms with Crippen LogP contribution >= 0.6 is 0 Å². The van der Waals surface area contributed by atoms with Gasteiger partial charge in [-0.3, -0.25) is 9.59 Å². The Morgan fingerprint density at radius 1 is 1.14 bits per heavy atom. The fraction of sp³-hybridized carbons (Fsp3) is 0.853.